The van der Waals surface area contributed by atoms with Gasteiger partial charge in [0.15, 0.2) is 11.5 Å². The van der Waals surface area contributed by atoms with E-state index in [0.29, 0.717) is 17.5 Å². The van der Waals surface area contributed by atoms with Gasteiger partial charge in [0.25, 0.3) is 0 Å². The molecule has 4 nitrogen and oxygen atoms in total. The molecule has 1 aromatic carbocycles. The zero-order valence-corrected chi connectivity index (χ0v) is 11.4. The lowest BCUT2D eigenvalue weighted by Gasteiger charge is -2.16. The Morgan fingerprint density at radius 3 is 2.72 bits per heavy atom. The van der Waals surface area contributed by atoms with Crippen LogP contribution in [0.2, 0.25) is 0 Å². The third-order valence-corrected chi connectivity index (χ3v) is 2.65. The Labute approximate surface area is 109 Å². The van der Waals surface area contributed by atoms with Crippen LogP contribution in [0.5, 0.6) is 11.5 Å². The predicted molar refractivity (Wildman–Crippen MR) is 73.6 cm³/mol. The van der Waals surface area contributed by atoms with Gasteiger partial charge in [-0.2, -0.15) is 0 Å². The van der Waals surface area contributed by atoms with Crippen LogP contribution in [0.25, 0.3) is 0 Å². The monoisotopic (exact) mass is 253 g/mol. The normalized spacial score (nSPS) is 12.0. The summed E-state index contributed by atoms with van der Waals surface area (Å²) in [5.74, 6) is 1.33. The Hall–Kier alpha value is -1.42. The van der Waals surface area contributed by atoms with Crippen molar-refractivity contribution in [2.75, 3.05) is 25.6 Å². The molecule has 18 heavy (non-hydrogen) atoms. The second-order valence-electron chi connectivity index (χ2n) is 4.27. The van der Waals surface area contributed by atoms with Crippen molar-refractivity contribution in [2.45, 2.75) is 32.7 Å². The Balaban J connectivity index is 2.74. The molecule has 0 amide bonds. The zero-order chi connectivity index (χ0) is 13.4. The molecule has 0 aliphatic rings. The maximum Gasteiger partial charge on any atom is 0.163 e. The van der Waals surface area contributed by atoms with Crippen molar-refractivity contribution in [1.29, 1.82) is 0 Å². The Morgan fingerprint density at radius 2 is 2.11 bits per heavy atom. The largest absolute Gasteiger partial charge is 0.493 e. The molecule has 0 aliphatic heterocycles. The van der Waals surface area contributed by atoms with Crippen molar-refractivity contribution < 1.29 is 14.6 Å². The van der Waals surface area contributed by atoms with Crippen LogP contribution in [0.3, 0.4) is 0 Å². The van der Waals surface area contributed by atoms with Gasteiger partial charge >= 0.3 is 0 Å². The van der Waals surface area contributed by atoms with Gasteiger partial charge in [-0.25, -0.2) is 0 Å². The maximum atomic E-state index is 8.79. The van der Waals surface area contributed by atoms with E-state index in [9.17, 15) is 0 Å². The maximum absolute atomic E-state index is 8.79. The van der Waals surface area contributed by atoms with Crippen molar-refractivity contribution in [3.05, 3.63) is 18.2 Å². The standard InChI is InChI=1S/C14H23NO3/c1-4-5-11(2)15-12-6-7-13(17-3)14(10-12)18-9-8-16/h6-7,10-11,15-16H,4-5,8-9H2,1-3H3. The summed E-state index contributed by atoms with van der Waals surface area (Å²) in [6, 6.07) is 6.17. The topological polar surface area (TPSA) is 50.7 Å². The first-order chi connectivity index (χ1) is 8.71. The molecule has 1 unspecified atom stereocenters. The van der Waals surface area contributed by atoms with Gasteiger partial charge in [0.05, 0.1) is 13.7 Å². The minimum absolute atomic E-state index is 0.00690. The lowest BCUT2D eigenvalue weighted by molar-refractivity contribution is 0.196. The highest BCUT2D eigenvalue weighted by Crippen LogP contribution is 2.30. The quantitative estimate of drug-likeness (QED) is 0.748. The molecule has 0 spiro atoms. The first kappa shape index (κ1) is 14.6. The molecule has 102 valence electrons. The van der Waals surface area contributed by atoms with Crippen LogP contribution in [0, 0.1) is 0 Å². The molecule has 0 aromatic heterocycles. The van der Waals surface area contributed by atoms with Crippen LogP contribution in [0.15, 0.2) is 18.2 Å². The van der Waals surface area contributed by atoms with Crippen LogP contribution < -0.4 is 14.8 Å². The predicted octanol–water partition coefficient (Wildman–Crippen LogP) is 2.67. The SMILES string of the molecule is CCCC(C)Nc1ccc(OC)c(OCCO)c1. The smallest absolute Gasteiger partial charge is 0.163 e. The number of benzene rings is 1. The number of ether oxygens (including phenoxy) is 2. The average Bonchev–Trinajstić information content (AvgIpc) is 2.36. The molecule has 0 fully saturated rings. The van der Waals surface area contributed by atoms with Gasteiger partial charge in [-0.15, -0.1) is 0 Å². The summed E-state index contributed by atoms with van der Waals surface area (Å²) in [6.45, 7) is 4.58. The van der Waals surface area contributed by atoms with E-state index in [-0.39, 0.29) is 13.2 Å². The molecule has 2 N–H and O–H groups in total. The molecule has 1 aromatic rings. The van der Waals surface area contributed by atoms with E-state index < -0.39 is 0 Å². The molecule has 0 saturated heterocycles. The van der Waals surface area contributed by atoms with Crippen LogP contribution in [0.4, 0.5) is 5.69 Å². The number of hydrogen-bond donors (Lipinski definition) is 2. The van der Waals surface area contributed by atoms with Gasteiger partial charge in [-0.05, 0) is 25.5 Å². The molecule has 0 bridgehead atoms. The third-order valence-electron chi connectivity index (χ3n) is 2.65. The van der Waals surface area contributed by atoms with E-state index in [2.05, 4.69) is 19.2 Å². The molecular formula is C14H23NO3. The molecule has 1 atom stereocenters. The molecule has 1 rings (SSSR count). The molecule has 4 heteroatoms. The van der Waals surface area contributed by atoms with Gasteiger partial charge in [0.2, 0.25) is 0 Å². The summed E-state index contributed by atoms with van der Waals surface area (Å²) in [7, 11) is 1.61. The van der Waals surface area contributed by atoms with E-state index in [1.165, 1.54) is 0 Å². The average molecular weight is 253 g/mol. The molecule has 0 saturated carbocycles. The number of aliphatic hydroxyl groups is 1. The first-order valence-corrected chi connectivity index (χ1v) is 6.39. The van der Waals surface area contributed by atoms with Gasteiger partial charge in [0, 0.05) is 17.8 Å². The van der Waals surface area contributed by atoms with E-state index in [1.54, 1.807) is 7.11 Å². The van der Waals surface area contributed by atoms with Gasteiger partial charge in [-0.1, -0.05) is 13.3 Å². The number of rotatable bonds is 8. The van der Waals surface area contributed by atoms with E-state index in [4.69, 9.17) is 14.6 Å². The zero-order valence-electron chi connectivity index (χ0n) is 11.4. The van der Waals surface area contributed by atoms with Gasteiger partial charge in [-0.3, -0.25) is 0 Å². The second-order valence-corrected chi connectivity index (χ2v) is 4.27. The third kappa shape index (κ3) is 4.45. The second kappa shape index (κ2) is 7.82. The molecule has 0 heterocycles. The lowest BCUT2D eigenvalue weighted by Crippen LogP contribution is -2.14. The number of methoxy groups -OCH3 is 1. The highest BCUT2D eigenvalue weighted by Gasteiger charge is 2.07. The molecule has 0 radical (unpaired) electrons. The van der Waals surface area contributed by atoms with E-state index >= 15 is 0 Å². The van der Waals surface area contributed by atoms with Gasteiger partial charge in [0.1, 0.15) is 6.61 Å². The number of nitrogens with one attached hydrogen (secondary N) is 1. The van der Waals surface area contributed by atoms with E-state index in [1.807, 2.05) is 18.2 Å². The van der Waals surface area contributed by atoms with Crippen LogP contribution in [-0.2, 0) is 0 Å². The van der Waals surface area contributed by atoms with Crippen molar-refractivity contribution in [2.24, 2.45) is 0 Å². The molecule has 0 aliphatic carbocycles. The summed E-state index contributed by atoms with van der Waals surface area (Å²) in [5, 5.41) is 12.2. The Kier molecular flexibility index (Phi) is 6.36. The summed E-state index contributed by atoms with van der Waals surface area (Å²) in [4.78, 5) is 0. The van der Waals surface area contributed by atoms with Crippen LogP contribution in [-0.4, -0.2) is 31.5 Å². The lowest BCUT2D eigenvalue weighted by atomic mass is 10.2. The summed E-state index contributed by atoms with van der Waals surface area (Å²) in [5.41, 5.74) is 1.00. The summed E-state index contributed by atoms with van der Waals surface area (Å²) < 4.78 is 10.7. The van der Waals surface area contributed by atoms with Gasteiger partial charge < -0.3 is 19.9 Å². The fourth-order valence-corrected chi connectivity index (χ4v) is 1.82. The van der Waals surface area contributed by atoms with E-state index in [0.717, 1.165) is 18.5 Å². The minimum Gasteiger partial charge on any atom is -0.493 e. The fourth-order valence-electron chi connectivity index (χ4n) is 1.82. The van der Waals surface area contributed by atoms with Crippen LogP contribution in [0.1, 0.15) is 26.7 Å². The number of aliphatic hydroxyl groups excluding tert-OH is 1. The Morgan fingerprint density at radius 1 is 1.33 bits per heavy atom. The number of hydrogen-bond acceptors (Lipinski definition) is 4. The van der Waals surface area contributed by atoms with Crippen molar-refractivity contribution in [1.82, 2.24) is 0 Å². The Bertz CT molecular complexity index is 355. The first-order valence-electron chi connectivity index (χ1n) is 6.39. The minimum atomic E-state index is -0.00690. The highest BCUT2D eigenvalue weighted by atomic mass is 16.5. The summed E-state index contributed by atoms with van der Waals surface area (Å²) >= 11 is 0. The summed E-state index contributed by atoms with van der Waals surface area (Å²) in [6.07, 6.45) is 2.27. The highest BCUT2D eigenvalue weighted by molar-refractivity contribution is 5.55. The van der Waals surface area contributed by atoms with Crippen LogP contribution >= 0.6 is 0 Å². The molecular weight excluding hydrogens is 230 g/mol. The van der Waals surface area contributed by atoms with Crippen molar-refractivity contribution in [3.63, 3.8) is 0 Å². The van der Waals surface area contributed by atoms with Crippen molar-refractivity contribution in [3.8, 4) is 11.5 Å². The fraction of sp³-hybridized carbons (Fsp3) is 0.571. The van der Waals surface area contributed by atoms with Crippen molar-refractivity contribution >= 4 is 5.69 Å². The number of anilines is 1.